The highest BCUT2D eigenvalue weighted by Gasteiger charge is 2.34. The fourth-order valence-electron chi connectivity index (χ4n) is 4.15. The average Bonchev–Trinajstić information content (AvgIpc) is 3.32. The van der Waals surface area contributed by atoms with Crippen LogP contribution in [0.5, 0.6) is 0 Å². The Morgan fingerprint density at radius 3 is 2.36 bits per heavy atom. The number of benzene rings is 1. The molecular weight excluding hydrogens is 472 g/mol. The van der Waals surface area contributed by atoms with Crippen LogP contribution in [-0.4, -0.2) is 55.6 Å². The summed E-state index contributed by atoms with van der Waals surface area (Å²) in [5.74, 6) is -2.66. The molecular formula is C22H25F2N3O4S2. The van der Waals surface area contributed by atoms with Gasteiger partial charge in [0.2, 0.25) is 5.91 Å². The Bertz CT molecular complexity index is 1140. The molecule has 2 aromatic rings. The second-order valence-corrected chi connectivity index (χ2v) is 11.4. The summed E-state index contributed by atoms with van der Waals surface area (Å²) in [5.41, 5.74) is 0.275. The second kappa shape index (κ2) is 9.86. The fraction of sp³-hybridized carbons (Fsp3) is 0.455. The number of piperidine rings is 2. The van der Waals surface area contributed by atoms with Crippen LogP contribution in [0.15, 0.2) is 33.9 Å². The summed E-state index contributed by atoms with van der Waals surface area (Å²) in [6.07, 6.45) is 3.56. The predicted molar refractivity (Wildman–Crippen MR) is 121 cm³/mol. The van der Waals surface area contributed by atoms with Crippen LogP contribution in [0.25, 0.3) is 0 Å². The first-order chi connectivity index (χ1) is 15.8. The third-order valence-corrected chi connectivity index (χ3v) is 9.39. The van der Waals surface area contributed by atoms with Gasteiger partial charge in [0, 0.05) is 43.5 Å². The van der Waals surface area contributed by atoms with Crippen molar-refractivity contribution in [2.24, 2.45) is 5.92 Å². The highest BCUT2D eigenvalue weighted by atomic mass is 32.2. The second-order valence-electron chi connectivity index (χ2n) is 8.30. The highest BCUT2D eigenvalue weighted by molar-refractivity contribution is 7.91. The standard InChI is InChI=1S/C22H25F2N3O4S2/c23-17-4-5-19(18(24)13-17)25-21(28)15-6-10-27(11-7-15)33(30,31)20-12-16(14-32-20)22(29)26-8-2-1-3-9-26/h4-5,12-15H,1-3,6-11H2,(H,25,28). The first kappa shape index (κ1) is 23.8. The molecule has 33 heavy (non-hydrogen) atoms. The van der Waals surface area contributed by atoms with Gasteiger partial charge in [0.05, 0.1) is 11.3 Å². The average molecular weight is 498 g/mol. The Labute approximate surface area is 195 Å². The molecule has 0 radical (unpaired) electrons. The van der Waals surface area contributed by atoms with E-state index in [2.05, 4.69) is 5.32 Å². The Balaban J connectivity index is 1.36. The van der Waals surface area contributed by atoms with Crippen LogP contribution in [0.4, 0.5) is 14.5 Å². The Hall–Kier alpha value is -2.37. The number of nitrogens with zero attached hydrogens (tertiary/aromatic N) is 2. The van der Waals surface area contributed by atoms with Gasteiger partial charge < -0.3 is 10.2 Å². The zero-order valence-corrected chi connectivity index (χ0v) is 19.6. The molecule has 11 heteroatoms. The van der Waals surface area contributed by atoms with Crippen molar-refractivity contribution in [2.75, 3.05) is 31.5 Å². The molecule has 0 saturated carbocycles. The number of halogens is 2. The van der Waals surface area contributed by atoms with Gasteiger partial charge >= 0.3 is 0 Å². The molecule has 0 aliphatic carbocycles. The molecule has 0 bridgehead atoms. The number of amides is 2. The van der Waals surface area contributed by atoms with E-state index in [0.29, 0.717) is 24.7 Å². The number of hydrogen-bond donors (Lipinski definition) is 1. The molecule has 0 atom stereocenters. The number of carbonyl (C=O) groups is 2. The van der Waals surface area contributed by atoms with Crippen LogP contribution in [0, 0.1) is 17.6 Å². The summed E-state index contributed by atoms with van der Waals surface area (Å²) in [6, 6.07) is 4.34. The molecule has 1 N–H and O–H groups in total. The van der Waals surface area contributed by atoms with Crippen LogP contribution in [-0.2, 0) is 14.8 Å². The molecule has 0 unspecified atom stereocenters. The minimum Gasteiger partial charge on any atom is -0.339 e. The molecule has 1 aromatic carbocycles. The molecule has 7 nitrogen and oxygen atoms in total. The Morgan fingerprint density at radius 2 is 1.70 bits per heavy atom. The van der Waals surface area contributed by atoms with Crippen molar-refractivity contribution in [1.29, 1.82) is 0 Å². The van der Waals surface area contributed by atoms with Crippen molar-refractivity contribution in [3.63, 3.8) is 0 Å². The number of carbonyl (C=O) groups excluding carboxylic acids is 2. The summed E-state index contributed by atoms with van der Waals surface area (Å²) in [5, 5.41) is 4.04. The van der Waals surface area contributed by atoms with Gasteiger partial charge in [-0.2, -0.15) is 4.31 Å². The van der Waals surface area contributed by atoms with Gasteiger partial charge in [-0.25, -0.2) is 17.2 Å². The summed E-state index contributed by atoms with van der Waals surface area (Å²) in [6.45, 7) is 1.65. The van der Waals surface area contributed by atoms with Crippen molar-refractivity contribution >= 4 is 38.9 Å². The van der Waals surface area contributed by atoms with Crippen molar-refractivity contribution in [3.8, 4) is 0 Å². The summed E-state index contributed by atoms with van der Waals surface area (Å²) in [7, 11) is -3.78. The van der Waals surface area contributed by atoms with Crippen molar-refractivity contribution in [1.82, 2.24) is 9.21 Å². The zero-order chi connectivity index (χ0) is 23.6. The SMILES string of the molecule is O=C(Nc1ccc(F)cc1F)C1CCN(S(=O)(=O)c2cc(C(=O)N3CCCCC3)cs2)CC1. The fourth-order valence-corrected chi connectivity index (χ4v) is 6.93. The number of nitrogens with one attached hydrogen (secondary N) is 1. The number of hydrogen-bond acceptors (Lipinski definition) is 5. The lowest BCUT2D eigenvalue weighted by molar-refractivity contribution is -0.120. The van der Waals surface area contributed by atoms with E-state index in [9.17, 15) is 26.8 Å². The minimum atomic E-state index is -3.78. The number of sulfonamides is 1. The lowest BCUT2D eigenvalue weighted by atomic mass is 9.97. The third kappa shape index (κ3) is 5.25. The maximum atomic E-state index is 13.8. The molecule has 2 aliphatic rings. The number of likely N-dealkylation sites (tertiary alicyclic amines) is 1. The summed E-state index contributed by atoms with van der Waals surface area (Å²) in [4.78, 5) is 26.9. The topological polar surface area (TPSA) is 86.8 Å². The summed E-state index contributed by atoms with van der Waals surface area (Å²) < 4.78 is 54.4. The van der Waals surface area contributed by atoms with Gasteiger partial charge in [0.1, 0.15) is 15.8 Å². The van der Waals surface area contributed by atoms with E-state index < -0.39 is 33.5 Å². The molecule has 2 fully saturated rings. The highest BCUT2D eigenvalue weighted by Crippen LogP contribution is 2.29. The van der Waals surface area contributed by atoms with Crippen LogP contribution in [0.2, 0.25) is 0 Å². The summed E-state index contributed by atoms with van der Waals surface area (Å²) >= 11 is 1.03. The van der Waals surface area contributed by atoms with Gasteiger partial charge in [-0.3, -0.25) is 9.59 Å². The van der Waals surface area contributed by atoms with E-state index in [4.69, 9.17) is 0 Å². The Morgan fingerprint density at radius 1 is 1.00 bits per heavy atom. The smallest absolute Gasteiger partial charge is 0.254 e. The molecule has 1 aromatic heterocycles. The van der Waals surface area contributed by atoms with E-state index in [1.807, 2.05) is 0 Å². The lowest BCUT2D eigenvalue weighted by Crippen LogP contribution is -2.41. The lowest BCUT2D eigenvalue weighted by Gasteiger charge is -2.30. The monoisotopic (exact) mass is 497 g/mol. The first-order valence-electron chi connectivity index (χ1n) is 10.9. The van der Waals surface area contributed by atoms with Crippen molar-refractivity contribution < 1.29 is 26.8 Å². The molecule has 2 aliphatic heterocycles. The van der Waals surface area contributed by atoms with Crippen LogP contribution in [0.3, 0.4) is 0 Å². The molecule has 2 saturated heterocycles. The first-order valence-corrected chi connectivity index (χ1v) is 13.2. The molecule has 2 amide bonds. The van der Waals surface area contributed by atoms with Crippen molar-refractivity contribution in [3.05, 3.63) is 46.8 Å². The van der Waals surface area contributed by atoms with Gasteiger partial charge in [0.25, 0.3) is 15.9 Å². The van der Waals surface area contributed by atoms with E-state index in [0.717, 1.165) is 42.7 Å². The van der Waals surface area contributed by atoms with E-state index in [-0.39, 0.29) is 41.7 Å². The van der Waals surface area contributed by atoms with Crippen molar-refractivity contribution in [2.45, 2.75) is 36.3 Å². The number of thiophene rings is 1. The van der Waals surface area contributed by atoms with Gasteiger partial charge in [0.15, 0.2) is 0 Å². The normalized spacial score (nSPS) is 18.3. The van der Waals surface area contributed by atoms with Crippen LogP contribution in [0.1, 0.15) is 42.5 Å². The van der Waals surface area contributed by atoms with E-state index >= 15 is 0 Å². The Kier molecular flexibility index (Phi) is 7.10. The molecule has 0 spiro atoms. The quantitative estimate of drug-likeness (QED) is 0.683. The largest absolute Gasteiger partial charge is 0.339 e. The molecule has 3 heterocycles. The predicted octanol–water partition coefficient (Wildman–Crippen LogP) is 3.69. The van der Waals surface area contributed by atoms with Gasteiger partial charge in [-0.05, 0) is 50.3 Å². The maximum Gasteiger partial charge on any atom is 0.254 e. The maximum absolute atomic E-state index is 13.8. The van der Waals surface area contributed by atoms with Gasteiger partial charge in [-0.15, -0.1) is 11.3 Å². The third-order valence-electron chi connectivity index (χ3n) is 6.07. The van der Waals surface area contributed by atoms with E-state index in [1.165, 1.54) is 10.4 Å². The minimum absolute atomic E-state index is 0.110. The van der Waals surface area contributed by atoms with E-state index in [1.54, 1.807) is 10.3 Å². The van der Waals surface area contributed by atoms with Gasteiger partial charge in [-0.1, -0.05) is 0 Å². The zero-order valence-electron chi connectivity index (χ0n) is 17.9. The number of rotatable bonds is 5. The molecule has 4 rings (SSSR count). The van der Waals surface area contributed by atoms with Crippen LogP contribution >= 0.6 is 11.3 Å². The number of anilines is 1. The van der Waals surface area contributed by atoms with Crippen LogP contribution < -0.4 is 5.32 Å². The molecule has 178 valence electrons.